The molecule has 2 saturated heterocycles. The van der Waals surface area contributed by atoms with Crippen molar-refractivity contribution in [2.24, 2.45) is 0 Å². The molecule has 1 unspecified atom stereocenters. The monoisotopic (exact) mass is 500 g/mol. The van der Waals surface area contributed by atoms with E-state index in [1.807, 2.05) is 30.4 Å². The number of halogens is 3. The number of anilines is 3. The van der Waals surface area contributed by atoms with Gasteiger partial charge in [-0.2, -0.15) is 4.98 Å². The van der Waals surface area contributed by atoms with Crippen LogP contribution >= 0.6 is 23.2 Å². The SMILES string of the molecule is CC1CN(c2ncccc2Cl)CCN1c1cc(C2=CC(F)=C(Cl)CC=C2)nc(N2CCCC2)n1. The van der Waals surface area contributed by atoms with Crippen LogP contribution in [-0.2, 0) is 0 Å². The number of hydrogen-bond acceptors (Lipinski definition) is 6. The van der Waals surface area contributed by atoms with Crippen molar-refractivity contribution in [3.05, 3.63) is 64.2 Å². The molecule has 0 bridgehead atoms. The molecule has 9 heteroatoms. The lowest BCUT2D eigenvalue weighted by Gasteiger charge is -2.41. The zero-order chi connectivity index (χ0) is 23.7. The maximum Gasteiger partial charge on any atom is 0.227 e. The number of nitrogens with zero attached hydrogens (tertiary/aromatic N) is 6. The van der Waals surface area contributed by atoms with Gasteiger partial charge in [-0.3, -0.25) is 0 Å². The zero-order valence-electron chi connectivity index (χ0n) is 19.1. The summed E-state index contributed by atoms with van der Waals surface area (Å²) in [5.41, 5.74) is 1.40. The molecule has 6 nitrogen and oxygen atoms in total. The molecule has 2 aromatic rings. The van der Waals surface area contributed by atoms with Crippen molar-refractivity contribution in [2.75, 3.05) is 47.4 Å². The van der Waals surface area contributed by atoms with E-state index < -0.39 is 5.83 Å². The minimum atomic E-state index is -0.418. The molecule has 1 aliphatic carbocycles. The van der Waals surface area contributed by atoms with Gasteiger partial charge in [0.05, 0.1) is 15.7 Å². The second-order valence-corrected chi connectivity index (χ2v) is 9.73. The summed E-state index contributed by atoms with van der Waals surface area (Å²) in [7, 11) is 0. The summed E-state index contributed by atoms with van der Waals surface area (Å²) in [5.74, 6) is 1.94. The van der Waals surface area contributed by atoms with Crippen LogP contribution in [0.15, 0.2) is 53.5 Å². The van der Waals surface area contributed by atoms with Crippen molar-refractivity contribution < 1.29 is 4.39 Å². The van der Waals surface area contributed by atoms with Crippen molar-refractivity contribution in [1.29, 1.82) is 0 Å². The van der Waals surface area contributed by atoms with Gasteiger partial charge >= 0.3 is 0 Å². The molecule has 178 valence electrons. The van der Waals surface area contributed by atoms with Gasteiger partial charge in [-0.1, -0.05) is 35.4 Å². The van der Waals surface area contributed by atoms with Crippen LogP contribution in [0.4, 0.5) is 22.0 Å². The Hall–Kier alpha value is -2.64. The second kappa shape index (κ2) is 9.92. The van der Waals surface area contributed by atoms with Crippen LogP contribution in [0.3, 0.4) is 0 Å². The van der Waals surface area contributed by atoms with E-state index in [9.17, 15) is 4.39 Å². The maximum absolute atomic E-state index is 14.5. The summed E-state index contributed by atoms with van der Waals surface area (Å²) in [6.07, 6.45) is 9.62. The number of allylic oxidation sites excluding steroid dienone is 6. The highest BCUT2D eigenvalue weighted by Crippen LogP contribution is 2.32. The van der Waals surface area contributed by atoms with E-state index in [4.69, 9.17) is 33.2 Å². The molecule has 3 aliphatic rings. The van der Waals surface area contributed by atoms with E-state index in [2.05, 4.69) is 26.6 Å². The molecular formula is C25H27Cl2FN6. The molecule has 2 fully saturated rings. The molecular weight excluding hydrogens is 474 g/mol. The van der Waals surface area contributed by atoms with Crippen LogP contribution in [0, 0.1) is 0 Å². The number of hydrogen-bond donors (Lipinski definition) is 0. The van der Waals surface area contributed by atoms with Gasteiger partial charge in [-0.15, -0.1) is 0 Å². The summed E-state index contributed by atoms with van der Waals surface area (Å²) in [6.45, 7) is 6.34. The quantitative estimate of drug-likeness (QED) is 0.544. The molecule has 4 heterocycles. The van der Waals surface area contributed by atoms with E-state index in [0.717, 1.165) is 57.2 Å². The third-order valence-electron chi connectivity index (χ3n) is 6.48. The molecule has 2 aromatic heterocycles. The number of rotatable bonds is 4. The Kier molecular flexibility index (Phi) is 6.75. The highest BCUT2D eigenvalue weighted by molar-refractivity contribution is 6.33. The summed E-state index contributed by atoms with van der Waals surface area (Å²) in [6, 6.07) is 5.84. The predicted octanol–water partition coefficient (Wildman–Crippen LogP) is 5.60. The molecule has 0 amide bonds. The minimum absolute atomic E-state index is 0.172. The molecule has 0 spiro atoms. The first-order valence-electron chi connectivity index (χ1n) is 11.7. The normalized spacial score (nSPS) is 21.2. The third kappa shape index (κ3) is 4.77. The lowest BCUT2D eigenvalue weighted by molar-refractivity contribution is 0.542. The Morgan fingerprint density at radius 2 is 1.88 bits per heavy atom. The van der Waals surface area contributed by atoms with Crippen LogP contribution in [0.25, 0.3) is 5.57 Å². The fraction of sp³-hybridized carbons (Fsp3) is 0.400. The average molecular weight is 501 g/mol. The molecule has 0 aromatic carbocycles. The van der Waals surface area contributed by atoms with Crippen LogP contribution in [-0.4, -0.2) is 53.7 Å². The van der Waals surface area contributed by atoms with E-state index in [1.165, 1.54) is 6.08 Å². The van der Waals surface area contributed by atoms with Gasteiger partial charge < -0.3 is 14.7 Å². The van der Waals surface area contributed by atoms with Gasteiger partial charge in [-0.25, -0.2) is 14.4 Å². The number of aromatic nitrogens is 3. The van der Waals surface area contributed by atoms with Crippen molar-refractivity contribution in [3.8, 4) is 0 Å². The van der Waals surface area contributed by atoms with Gasteiger partial charge in [0.25, 0.3) is 0 Å². The summed E-state index contributed by atoms with van der Waals surface area (Å²) < 4.78 is 14.5. The van der Waals surface area contributed by atoms with Crippen molar-refractivity contribution >= 4 is 46.4 Å². The second-order valence-electron chi connectivity index (χ2n) is 8.86. The summed E-state index contributed by atoms with van der Waals surface area (Å²) in [5, 5.41) is 0.864. The van der Waals surface area contributed by atoms with Crippen LogP contribution in [0.1, 0.15) is 31.9 Å². The first-order chi connectivity index (χ1) is 16.5. The molecule has 0 N–H and O–H groups in total. The number of piperazine rings is 1. The Morgan fingerprint density at radius 1 is 1.06 bits per heavy atom. The van der Waals surface area contributed by atoms with E-state index in [1.54, 1.807) is 6.20 Å². The highest BCUT2D eigenvalue weighted by Gasteiger charge is 2.28. The first kappa shape index (κ1) is 23.1. The smallest absolute Gasteiger partial charge is 0.227 e. The van der Waals surface area contributed by atoms with Crippen LogP contribution in [0.2, 0.25) is 5.02 Å². The van der Waals surface area contributed by atoms with Gasteiger partial charge in [0.1, 0.15) is 17.5 Å². The fourth-order valence-electron chi connectivity index (χ4n) is 4.69. The maximum atomic E-state index is 14.5. The Morgan fingerprint density at radius 3 is 2.65 bits per heavy atom. The van der Waals surface area contributed by atoms with Gasteiger partial charge in [0.2, 0.25) is 5.95 Å². The van der Waals surface area contributed by atoms with E-state index >= 15 is 0 Å². The van der Waals surface area contributed by atoms with E-state index in [-0.39, 0.29) is 11.1 Å². The Labute approximate surface area is 209 Å². The molecule has 0 saturated carbocycles. The summed E-state index contributed by atoms with van der Waals surface area (Å²) >= 11 is 12.4. The molecule has 0 radical (unpaired) electrons. The molecule has 5 rings (SSSR count). The van der Waals surface area contributed by atoms with Crippen LogP contribution < -0.4 is 14.7 Å². The van der Waals surface area contributed by atoms with Crippen molar-refractivity contribution in [1.82, 2.24) is 15.0 Å². The molecule has 2 aliphatic heterocycles. The van der Waals surface area contributed by atoms with Crippen LogP contribution in [0.5, 0.6) is 0 Å². The topological polar surface area (TPSA) is 48.4 Å². The van der Waals surface area contributed by atoms with Gasteiger partial charge in [-0.05, 0) is 38.0 Å². The number of pyridine rings is 1. The standard InChI is InChI=1S/C25H27Cl2FN6/c1-17-16-33(24-20(27)8-5-9-29-24)12-13-34(17)23-15-22(18-6-4-7-19(26)21(28)14-18)30-25(31-23)32-10-2-3-11-32/h4-6,8-9,14-15,17H,2-3,7,10-13,16H2,1H3. The predicted molar refractivity (Wildman–Crippen MR) is 137 cm³/mol. The zero-order valence-corrected chi connectivity index (χ0v) is 20.6. The third-order valence-corrected chi connectivity index (χ3v) is 7.11. The Bertz CT molecular complexity index is 1160. The molecule has 1 atom stereocenters. The highest BCUT2D eigenvalue weighted by atomic mass is 35.5. The minimum Gasteiger partial charge on any atom is -0.352 e. The van der Waals surface area contributed by atoms with Crippen molar-refractivity contribution in [3.63, 3.8) is 0 Å². The van der Waals surface area contributed by atoms with Crippen molar-refractivity contribution in [2.45, 2.75) is 32.2 Å². The summed E-state index contributed by atoms with van der Waals surface area (Å²) in [4.78, 5) is 21.0. The Balaban J connectivity index is 1.47. The van der Waals surface area contributed by atoms with Gasteiger partial charge in [0, 0.05) is 63.0 Å². The molecule has 34 heavy (non-hydrogen) atoms. The fourth-order valence-corrected chi connectivity index (χ4v) is 5.07. The largest absolute Gasteiger partial charge is 0.352 e. The van der Waals surface area contributed by atoms with E-state index in [0.29, 0.717) is 28.7 Å². The average Bonchev–Trinajstić information content (AvgIpc) is 3.32. The lowest BCUT2D eigenvalue weighted by atomic mass is 10.1. The first-order valence-corrected chi connectivity index (χ1v) is 12.4. The van der Waals surface area contributed by atoms with Gasteiger partial charge in [0.15, 0.2) is 0 Å². The lowest BCUT2D eigenvalue weighted by Crippen LogP contribution is -2.52.